The van der Waals surface area contributed by atoms with Crippen LogP contribution in [0.2, 0.25) is 0 Å². The topological polar surface area (TPSA) is 108 Å². The fourth-order valence-electron chi connectivity index (χ4n) is 2.34. The Kier molecular flexibility index (Phi) is 6.59. The van der Waals surface area contributed by atoms with Crippen molar-refractivity contribution in [1.29, 1.82) is 0 Å². The highest BCUT2D eigenvalue weighted by molar-refractivity contribution is 7.89. The number of carbonyl (C=O) groups excluding carboxylic acids is 1. The highest BCUT2D eigenvalue weighted by Crippen LogP contribution is 2.22. The molecule has 140 valence electrons. The number of hydrogen-bond donors (Lipinski definition) is 2. The van der Waals surface area contributed by atoms with Gasteiger partial charge in [-0.15, -0.1) is 0 Å². The molecule has 1 amide bonds. The first-order chi connectivity index (χ1) is 12.3. The third-order valence-corrected chi connectivity index (χ3v) is 4.63. The van der Waals surface area contributed by atoms with Gasteiger partial charge in [-0.05, 0) is 48.4 Å². The van der Waals surface area contributed by atoms with E-state index in [4.69, 9.17) is 14.6 Å². The van der Waals surface area contributed by atoms with E-state index in [0.29, 0.717) is 30.0 Å². The summed E-state index contributed by atoms with van der Waals surface area (Å²) < 4.78 is 33.6. The van der Waals surface area contributed by atoms with Gasteiger partial charge in [-0.25, -0.2) is 13.6 Å². The summed E-state index contributed by atoms with van der Waals surface area (Å²) in [5.41, 5.74) is 1.23. The fraction of sp³-hybridized carbons (Fsp3) is 0.278. The Hall–Kier alpha value is -2.58. The first kappa shape index (κ1) is 19.7. The first-order valence-electron chi connectivity index (χ1n) is 8.06. The van der Waals surface area contributed by atoms with Crippen molar-refractivity contribution in [3.05, 3.63) is 53.6 Å². The van der Waals surface area contributed by atoms with E-state index in [1.54, 1.807) is 30.3 Å². The quantitative estimate of drug-likeness (QED) is 0.680. The van der Waals surface area contributed by atoms with Crippen molar-refractivity contribution < 1.29 is 22.7 Å². The molecule has 3 N–H and O–H groups in total. The summed E-state index contributed by atoms with van der Waals surface area (Å²) in [6.45, 7) is 2.44. The molecule has 0 fully saturated rings. The molecule has 0 saturated carbocycles. The molecule has 2 rings (SSSR count). The van der Waals surface area contributed by atoms with Crippen LogP contribution >= 0.6 is 0 Å². The molecule has 0 radical (unpaired) electrons. The summed E-state index contributed by atoms with van der Waals surface area (Å²) in [7, 11) is -2.21. The average Bonchev–Trinajstić information content (AvgIpc) is 2.64. The minimum absolute atomic E-state index is 0.0491. The van der Waals surface area contributed by atoms with E-state index >= 15 is 0 Å². The van der Waals surface area contributed by atoms with Crippen molar-refractivity contribution in [3.8, 4) is 11.5 Å². The second-order valence-corrected chi connectivity index (χ2v) is 7.07. The Labute approximate surface area is 153 Å². The zero-order valence-electron chi connectivity index (χ0n) is 14.7. The lowest BCUT2D eigenvalue weighted by molar-refractivity contribution is 0.0946. The normalized spacial score (nSPS) is 11.0. The summed E-state index contributed by atoms with van der Waals surface area (Å²) in [4.78, 5) is 12.1. The number of carbonyl (C=O) groups is 1. The van der Waals surface area contributed by atoms with E-state index in [0.717, 1.165) is 5.56 Å². The molecule has 0 atom stereocenters. The van der Waals surface area contributed by atoms with Crippen LogP contribution in [0.15, 0.2) is 47.4 Å². The number of benzene rings is 2. The standard InChI is InChI=1S/C18H22N2O5S/c1-3-13-12-16(26(19,22)23)7-8-17(13)25-10-9-20-18(21)14-5-4-6-15(11-14)24-2/h4-8,11-12H,3,9-10H2,1-2H3,(H,20,21)(H2,19,22,23). The van der Waals surface area contributed by atoms with Crippen LogP contribution in [0.3, 0.4) is 0 Å². The molecule has 8 heteroatoms. The number of hydrogen-bond acceptors (Lipinski definition) is 5. The number of methoxy groups -OCH3 is 1. The Balaban J connectivity index is 1.92. The molecule has 7 nitrogen and oxygen atoms in total. The van der Waals surface area contributed by atoms with Crippen LogP contribution in [-0.4, -0.2) is 34.6 Å². The van der Waals surface area contributed by atoms with Gasteiger partial charge in [0.15, 0.2) is 0 Å². The van der Waals surface area contributed by atoms with Gasteiger partial charge in [-0.1, -0.05) is 13.0 Å². The number of aryl methyl sites for hydroxylation is 1. The van der Waals surface area contributed by atoms with Crippen LogP contribution < -0.4 is 19.9 Å². The van der Waals surface area contributed by atoms with Gasteiger partial charge in [0.2, 0.25) is 10.0 Å². The van der Waals surface area contributed by atoms with Crippen LogP contribution in [0.4, 0.5) is 0 Å². The summed E-state index contributed by atoms with van der Waals surface area (Å²) >= 11 is 0. The molecule has 0 unspecified atom stereocenters. The third-order valence-electron chi connectivity index (χ3n) is 3.72. The van der Waals surface area contributed by atoms with Gasteiger partial charge in [0.25, 0.3) is 5.91 Å². The molecule has 2 aromatic carbocycles. The van der Waals surface area contributed by atoms with E-state index in [1.807, 2.05) is 6.92 Å². The predicted molar refractivity (Wildman–Crippen MR) is 98.0 cm³/mol. The highest BCUT2D eigenvalue weighted by Gasteiger charge is 2.12. The maximum Gasteiger partial charge on any atom is 0.251 e. The molecule has 0 saturated heterocycles. The smallest absolute Gasteiger partial charge is 0.251 e. The summed E-state index contributed by atoms with van der Waals surface area (Å²) in [6, 6.07) is 11.3. The monoisotopic (exact) mass is 378 g/mol. The molecule has 0 aliphatic rings. The van der Waals surface area contributed by atoms with Crippen molar-refractivity contribution in [1.82, 2.24) is 5.32 Å². The number of sulfonamides is 1. The molecule has 0 heterocycles. The van der Waals surface area contributed by atoms with E-state index in [-0.39, 0.29) is 17.4 Å². The lowest BCUT2D eigenvalue weighted by Gasteiger charge is -2.12. The number of nitrogens with two attached hydrogens (primary N) is 1. The number of nitrogens with one attached hydrogen (secondary N) is 1. The molecule has 2 aromatic rings. The Bertz CT molecular complexity index is 881. The molecule has 26 heavy (non-hydrogen) atoms. The van der Waals surface area contributed by atoms with Crippen LogP contribution in [0.25, 0.3) is 0 Å². The number of amides is 1. The number of ether oxygens (including phenoxy) is 2. The second-order valence-electron chi connectivity index (χ2n) is 5.50. The van der Waals surface area contributed by atoms with Crippen molar-refractivity contribution >= 4 is 15.9 Å². The Morgan fingerprint density at radius 2 is 1.96 bits per heavy atom. The predicted octanol–water partition coefficient (Wildman–Crippen LogP) is 1.71. The SMILES string of the molecule is CCc1cc(S(N)(=O)=O)ccc1OCCNC(=O)c1cccc(OC)c1. The minimum Gasteiger partial charge on any atom is -0.497 e. The van der Waals surface area contributed by atoms with Crippen LogP contribution in [0, 0.1) is 0 Å². The van der Waals surface area contributed by atoms with E-state index in [1.165, 1.54) is 19.2 Å². The maximum absolute atomic E-state index is 12.1. The average molecular weight is 378 g/mol. The van der Waals surface area contributed by atoms with Gasteiger partial charge >= 0.3 is 0 Å². The molecule has 0 aliphatic carbocycles. The molecule has 0 aliphatic heterocycles. The van der Waals surface area contributed by atoms with E-state index < -0.39 is 10.0 Å². The second kappa shape index (κ2) is 8.68. The molecule has 0 aromatic heterocycles. The van der Waals surface area contributed by atoms with Crippen molar-refractivity contribution in [3.63, 3.8) is 0 Å². The molecule has 0 spiro atoms. The third kappa shape index (κ3) is 5.21. The van der Waals surface area contributed by atoms with Gasteiger partial charge in [-0.2, -0.15) is 0 Å². The summed E-state index contributed by atoms with van der Waals surface area (Å²) in [6.07, 6.45) is 0.592. The Morgan fingerprint density at radius 3 is 2.62 bits per heavy atom. The minimum atomic E-state index is -3.75. The zero-order chi connectivity index (χ0) is 19.2. The number of rotatable bonds is 8. The van der Waals surface area contributed by atoms with Gasteiger partial charge in [0, 0.05) is 5.56 Å². The van der Waals surface area contributed by atoms with Crippen LogP contribution in [-0.2, 0) is 16.4 Å². The van der Waals surface area contributed by atoms with Crippen molar-refractivity contribution in [2.75, 3.05) is 20.3 Å². The fourth-order valence-corrected chi connectivity index (χ4v) is 2.91. The van der Waals surface area contributed by atoms with E-state index in [2.05, 4.69) is 5.32 Å². The largest absolute Gasteiger partial charge is 0.497 e. The van der Waals surface area contributed by atoms with Crippen molar-refractivity contribution in [2.45, 2.75) is 18.2 Å². The number of primary sulfonamides is 1. The van der Waals surface area contributed by atoms with Gasteiger partial charge in [0.1, 0.15) is 18.1 Å². The summed E-state index contributed by atoms with van der Waals surface area (Å²) in [5, 5.41) is 7.89. The molecular weight excluding hydrogens is 356 g/mol. The van der Waals surface area contributed by atoms with Crippen LogP contribution in [0.1, 0.15) is 22.8 Å². The van der Waals surface area contributed by atoms with Gasteiger partial charge < -0.3 is 14.8 Å². The van der Waals surface area contributed by atoms with Crippen molar-refractivity contribution in [2.24, 2.45) is 5.14 Å². The lowest BCUT2D eigenvalue weighted by atomic mass is 10.1. The molecule has 0 bridgehead atoms. The summed E-state index contributed by atoms with van der Waals surface area (Å²) in [5.74, 6) is 0.944. The maximum atomic E-state index is 12.1. The zero-order valence-corrected chi connectivity index (χ0v) is 15.5. The van der Waals surface area contributed by atoms with Gasteiger partial charge in [0.05, 0.1) is 18.6 Å². The van der Waals surface area contributed by atoms with E-state index in [9.17, 15) is 13.2 Å². The first-order valence-corrected chi connectivity index (χ1v) is 9.60. The lowest BCUT2D eigenvalue weighted by Crippen LogP contribution is -2.28. The molecular formula is C18H22N2O5S. The Morgan fingerprint density at radius 1 is 1.19 bits per heavy atom. The van der Waals surface area contributed by atoms with Crippen LogP contribution in [0.5, 0.6) is 11.5 Å². The highest BCUT2D eigenvalue weighted by atomic mass is 32.2. The van der Waals surface area contributed by atoms with Gasteiger partial charge in [-0.3, -0.25) is 4.79 Å².